The molecule has 6 rings (SSSR count). The highest BCUT2D eigenvalue weighted by Gasteiger charge is 2.30. The van der Waals surface area contributed by atoms with E-state index in [1.807, 2.05) is 48.5 Å². The lowest BCUT2D eigenvalue weighted by atomic mass is 10.0. The molecule has 2 N–H and O–H groups in total. The van der Waals surface area contributed by atoms with E-state index in [4.69, 9.17) is 19.3 Å². The number of nitrogens with one attached hydrogen (secondary N) is 2. The van der Waals surface area contributed by atoms with Gasteiger partial charge in [-0.15, -0.1) is 0 Å². The number of hydrogen-bond donors (Lipinski definition) is 2. The maximum atomic E-state index is 12.4. The Morgan fingerprint density at radius 1 is 1.00 bits per heavy atom. The van der Waals surface area contributed by atoms with Crippen molar-refractivity contribution in [3.63, 3.8) is 0 Å². The maximum Gasteiger partial charge on any atom is 0.247 e. The number of aromatic nitrogens is 3. The first-order valence-corrected chi connectivity index (χ1v) is 14.8. The Balaban J connectivity index is 1.25. The number of hydrogen-bond acceptors (Lipinski definition) is 11. The lowest BCUT2D eigenvalue weighted by Gasteiger charge is -2.34. The van der Waals surface area contributed by atoms with E-state index in [9.17, 15) is 4.79 Å². The van der Waals surface area contributed by atoms with Gasteiger partial charge in [-0.1, -0.05) is 36.9 Å². The van der Waals surface area contributed by atoms with E-state index in [0.29, 0.717) is 41.3 Å². The standard InChI is InChI=1S/C33H36N8O4/c1-4-31(42)37-26-20-27(33(43-3)38-32(26)40-16-14-39(2)15-17-40)36-29-21-30(35-22-34-29)41-28(13-18-44-41)23-9-8-12-25(19-23)45-24-10-6-5-7-11-24/h4-12,19-22,28H,1,13-18H2,2-3H3,(H,37,42)(H,34,35,36)/t28-/m1/s1. The van der Waals surface area contributed by atoms with Crippen molar-refractivity contribution in [3.8, 4) is 17.4 Å². The first kappa shape index (κ1) is 29.9. The third kappa shape index (κ3) is 6.97. The molecule has 1 amide bonds. The summed E-state index contributed by atoms with van der Waals surface area (Å²) in [6.45, 7) is 7.44. The number of benzene rings is 2. The number of carbonyl (C=O) groups is 1. The van der Waals surface area contributed by atoms with Crippen LogP contribution in [0.15, 0.2) is 85.7 Å². The Labute approximate surface area is 262 Å². The highest BCUT2D eigenvalue weighted by molar-refractivity contribution is 6.01. The molecular weight excluding hydrogens is 572 g/mol. The zero-order chi connectivity index (χ0) is 31.2. The molecule has 45 heavy (non-hydrogen) atoms. The summed E-state index contributed by atoms with van der Waals surface area (Å²) in [6, 6.07) is 21.2. The van der Waals surface area contributed by atoms with Gasteiger partial charge in [0.25, 0.3) is 0 Å². The number of amides is 1. The van der Waals surface area contributed by atoms with Crippen molar-refractivity contribution in [2.75, 3.05) is 67.5 Å². The number of rotatable bonds is 10. The number of nitrogens with zero attached hydrogens (tertiary/aromatic N) is 6. The first-order chi connectivity index (χ1) is 22.0. The summed E-state index contributed by atoms with van der Waals surface area (Å²) < 4.78 is 11.8. The number of pyridine rings is 1. The van der Waals surface area contributed by atoms with Crippen LogP contribution in [-0.2, 0) is 9.63 Å². The van der Waals surface area contributed by atoms with Gasteiger partial charge in [0.2, 0.25) is 11.8 Å². The average Bonchev–Trinajstić information content (AvgIpc) is 3.57. The molecule has 0 aliphatic carbocycles. The van der Waals surface area contributed by atoms with Crippen LogP contribution in [0.3, 0.4) is 0 Å². The molecule has 0 radical (unpaired) electrons. The summed E-state index contributed by atoms with van der Waals surface area (Å²) in [7, 11) is 3.65. The van der Waals surface area contributed by atoms with Crippen LogP contribution in [0, 0.1) is 0 Å². The molecule has 2 aromatic heterocycles. The minimum Gasteiger partial charge on any atom is -0.479 e. The Kier molecular flexibility index (Phi) is 9.04. The number of piperazine rings is 1. The molecule has 2 fully saturated rings. The number of ether oxygens (including phenoxy) is 2. The molecule has 4 aromatic rings. The molecule has 0 saturated carbocycles. The molecule has 2 aromatic carbocycles. The molecule has 2 saturated heterocycles. The third-order valence-electron chi connectivity index (χ3n) is 7.67. The van der Waals surface area contributed by atoms with Gasteiger partial charge < -0.3 is 29.9 Å². The topological polar surface area (TPSA) is 117 Å². The van der Waals surface area contributed by atoms with E-state index in [-0.39, 0.29) is 11.9 Å². The SMILES string of the molecule is C=CC(=O)Nc1cc(Nc2cc(N3OCC[C@@H]3c3cccc(Oc4ccccc4)c3)ncn2)c(OC)nc1N1CCN(C)CC1. The van der Waals surface area contributed by atoms with Crippen molar-refractivity contribution in [3.05, 3.63) is 91.3 Å². The summed E-state index contributed by atoms with van der Waals surface area (Å²) >= 11 is 0. The van der Waals surface area contributed by atoms with E-state index in [0.717, 1.165) is 49.7 Å². The van der Waals surface area contributed by atoms with Gasteiger partial charge in [-0.25, -0.2) is 15.0 Å². The van der Waals surface area contributed by atoms with E-state index >= 15 is 0 Å². The highest BCUT2D eigenvalue weighted by Crippen LogP contribution is 2.38. The fourth-order valence-corrected chi connectivity index (χ4v) is 5.35. The van der Waals surface area contributed by atoms with Crippen molar-refractivity contribution in [2.24, 2.45) is 0 Å². The second kappa shape index (κ2) is 13.6. The van der Waals surface area contributed by atoms with Crippen molar-refractivity contribution in [1.29, 1.82) is 0 Å². The lowest BCUT2D eigenvalue weighted by molar-refractivity contribution is -0.111. The molecule has 12 nitrogen and oxygen atoms in total. The summed E-state index contributed by atoms with van der Waals surface area (Å²) in [6.07, 6.45) is 3.49. The number of carbonyl (C=O) groups excluding carboxylic acids is 1. The first-order valence-electron chi connectivity index (χ1n) is 14.8. The molecule has 0 bridgehead atoms. The molecule has 0 spiro atoms. The zero-order valence-corrected chi connectivity index (χ0v) is 25.3. The fourth-order valence-electron chi connectivity index (χ4n) is 5.35. The number of para-hydroxylation sites is 1. The Morgan fingerprint density at radius 2 is 1.80 bits per heavy atom. The molecule has 2 aliphatic rings. The van der Waals surface area contributed by atoms with Crippen LogP contribution in [0.4, 0.5) is 28.8 Å². The average molecular weight is 609 g/mol. The number of methoxy groups -OCH3 is 1. The maximum absolute atomic E-state index is 12.4. The molecule has 0 unspecified atom stereocenters. The largest absolute Gasteiger partial charge is 0.479 e. The monoisotopic (exact) mass is 608 g/mol. The Bertz CT molecular complexity index is 1650. The fraction of sp³-hybridized carbons (Fsp3) is 0.273. The van der Waals surface area contributed by atoms with Crippen LogP contribution in [0.2, 0.25) is 0 Å². The second-order valence-electron chi connectivity index (χ2n) is 10.7. The lowest BCUT2D eigenvalue weighted by Crippen LogP contribution is -2.45. The van der Waals surface area contributed by atoms with Gasteiger partial charge in [-0.2, -0.15) is 4.98 Å². The van der Waals surface area contributed by atoms with Crippen LogP contribution in [-0.4, -0.2) is 72.7 Å². The second-order valence-corrected chi connectivity index (χ2v) is 10.7. The summed E-state index contributed by atoms with van der Waals surface area (Å²) in [5.41, 5.74) is 2.12. The van der Waals surface area contributed by atoms with Gasteiger partial charge in [0.05, 0.1) is 25.4 Å². The van der Waals surface area contributed by atoms with Crippen LogP contribution in [0.25, 0.3) is 0 Å². The van der Waals surface area contributed by atoms with Crippen molar-refractivity contribution >= 4 is 34.7 Å². The highest BCUT2D eigenvalue weighted by atomic mass is 16.7. The molecule has 12 heteroatoms. The third-order valence-corrected chi connectivity index (χ3v) is 7.67. The summed E-state index contributed by atoms with van der Waals surface area (Å²) in [5.74, 6) is 3.28. The van der Waals surface area contributed by atoms with E-state index < -0.39 is 0 Å². The Morgan fingerprint density at radius 3 is 2.58 bits per heavy atom. The molecule has 4 heterocycles. The minimum absolute atomic E-state index is 0.0770. The molecular formula is C33H36N8O4. The summed E-state index contributed by atoms with van der Waals surface area (Å²) in [4.78, 5) is 36.6. The number of anilines is 5. The number of hydroxylamine groups is 1. The van der Waals surface area contributed by atoms with Gasteiger partial charge in [0.1, 0.15) is 29.3 Å². The summed E-state index contributed by atoms with van der Waals surface area (Å²) in [5, 5.41) is 8.01. The van der Waals surface area contributed by atoms with Crippen LogP contribution in [0.5, 0.6) is 17.4 Å². The predicted octanol–water partition coefficient (Wildman–Crippen LogP) is 5.18. The van der Waals surface area contributed by atoms with Gasteiger partial charge in [0, 0.05) is 38.7 Å². The quantitative estimate of drug-likeness (QED) is 0.232. The van der Waals surface area contributed by atoms with Gasteiger partial charge in [-0.05, 0) is 49.0 Å². The van der Waals surface area contributed by atoms with E-state index in [2.05, 4.69) is 50.1 Å². The van der Waals surface area contributed by atoms with Crippen molar-refractivity contribution < 1.29 is 19.1 Å². The zero-order valence-electron chi connectivity index (χ0n) is 25.3. The number of likely N-dealkylation sites (N-methyl/N-ethyl adjacent to an activating group) is 1. The predicted molar refractivity (Wildman–Crippen MR) is 173 cm³/mol. The van der Waals surface area contributed by atoms with Gasteiger partial charge in [-0.3, -0.25) is 9.63 Å². The molecule has 2 aliphatic heterocycles. The van der Waals surface area contributed by atoms with Crippen molar-refractivity contribution in [1.82, 2.24) is 19.9 Å². The van der Waals surface area contributed by atoms with E-state index in [1.165, 1.54) is 12.4 Å². The van der Waals surface area contributed by atoms with Gasteiger partial charge in [0.15, 0.2) is 11.6 Å². The van der Waals surface area contributed by atoms with E-state index in [1.54, 1.807) is 24.3 Å². The Hall–Kier alpha value is -5.20. The normalized spacial score (nSPS) is 16.7. The van der Waals surface area contributed by atoms with Gasteiger partial charge >= 0.3 is 0 Å². The molecule has 232 valence electrons. The molecule has 1 atom stereocenters. The van der Waals surface area contributed by atoms with Crippen LogP contribution < -0.4 is 30.1 Å². The smallest absolute Gasteiger partial charge is 0.247 e. The van der Waals surface area contributed by atoms with Crippen LogP contribution in [0.1, 0.15) is 18.0 Å². The minimum atomic E-state index is -0.330. The van der Waals surface area contributed by atoms with Crippen molar-refractivity contribution in [2.45, 2.75) is 12.5 Å². The van der Waals surface area contributed by atoms with Crippen LogP contribution >= 0.6 is 0 Å².